The molecular weight excluding hydrogens is 253 g/mol. The van der Waals surface area contributed by atoms with E-state index in [-0.39, 0.29) is 11.3 Å². The summed E-state index contributed by atoms with van der Waals surface area (Å²) in [4.78, 5) is 12.3. The zero-order valence-corrected chi connectivity index (χ0v) is 11.1. The van der Waals surface area contributed by atoms with Gasteiger partial charge in [-0.3, -0.25) is 4.79 Å². The number of alkyl halides is 1. The molecule has 0 radical (unpaired) electrons. The van der Waals surface area contributed by atoms with Gasteiger partial charge in [0.15, 0.2) is 0 Å². The number of halogens is 2. The summed E-state index contributed by atoms with van der Waals surface area (Å²) in [6.45, 7) is 5.60. The van der Waals surface area contributed by atoms with Gasteiger partial charge in [0.1, 0.15) is 4.88 Å². The van der Waals surface area contributed by atoms with Crippen LogP contribution < -0.4 is 5.32 Å². The largest absolute Gasteiger partial charge is 0.345 e. The number of hydrogen-bond donors (Lipinski definition) is 1. The molecule has 2 nitrogen and oxygen atoms in total. The second-order valence-electron chi connectivity index (χ2n) is 3.89. The molecule has 1 rings (SSSR count). The molecule has 0 fully saturated rings. The van der Waals surface area contributed by atoms with Gasteiger partial charge in [-0.1, -0.05) is 11.6 Å². The van der Waals surface area contributed by atoms with E-state index in [4.69, 9.17) is 23.2 Å². The first-order chi connectivity index (χ1) is 6.84. The highest BCUT2D eigenvalue weighted by Crippen LogP contribution is 2.23. The van der Waals surface area contributed by atoms with Gasteiger partial charge in [0.05, 0.1) is 15.9 Å². The van der Waals surface area contributed by atoms with Gasteiger partial charge < -0.3 is 5.32 Å². The lowest BCUT2D eigenvalue weighted by molar-refractivity contribution is 0.0917. The van der Waals surface area contributed by atoms with Gasteiger partial charge in [-0.05, 0) is 32.2 Å². The Labute approximate surface area is 104 Å². The van der Waals surface area contributed by atoms with Gasteiger partial charge >= 0.3 is 0 Å². The molecule has 1 N–H and O–H groups in total. The van der Waals surface area contributed by atoms with E-state index in [2.05, 4.69) is 5.32 Å². The molecule has 1 unspecified atom stereocenters. The molecule has 0 saturated carbocycles. The molecule has 1 aromatic heterocycles. The number of rotatable bonds is 3. The molecule has 0 spiro atoms. The van der Waals surface area contributed by atoms with Crippen molar-refractivity contribution in [1.82, 2.24) is 5.32 Å². The molecule has 1 heterocycles. The average Bonchev–Trinajstić information content (AvgIpc) is 2.50. The highest BCUT2D eigenvalue weighted by atomic mass is 35.5. The van der Waals surface area contributed by atoms with Gasteiger partial charge in [-0.2, -0.15) is 0 Å². The fourth-order valence-corrected chi connectivity index (χ4v) is 2.00. The van der Waals surface area contributed by atoms with Gasteiger partial charge in [-0.15, -0.1) is 22.9 Å². The third kappa shape index (κ3) is 3.10. The molecule has 0 aromatic carbocycles. The quantitative estimate of drug-likeness (QED) is 0.833. The molecule has 0 saturated heterocycles. The van der Waals surface area contributed by atoms with Crippen molar-refractivity contribution in [3.05, 3.63) is 21.3 Å². The van der Waals surface area contributed by atoms with Crippen molar-refractivity contribution < 1.29 is 4.79 Å². The molecule has 0 aliphatic heterocycles. The van der Waals surface area contributed by atoms with Gasteiger partial charge in [0.2, 0.25) is 0 Å². The fraction of sp³-hybridized carbons (Fsp3) is 0.500. The van der Waals surface area contributed by atoms with Crippen molar-refractivity contribution in [3.8, 4) is 0 Å². The maximum absolute atomic E-state index is 11.8. The number of thiophene rings is 1. The fourth-order valence-electron chi connectivity index (χ4n) is 0.905. The van der Waals surface area contributed by atoms with Crippen LogP contribution in [0.5, 0.6) is 0 Å². The predicted molar refractivity (Wildman–Crippen MR) is 66.2 cm³/mol. The zero-order valence-electron chi connectivity index (χ0n) is 8.80. The van der Waals surface area contributed by atoms with Crippen LogP contribution in [0.15, 0.2) is 11.4 Å². The Balaban J connectivity index is 2.77. The summed E-state index contributed by atoms with van der Waals surface area (Å²) >= 11 is 13.2. The summed E-state index contributed by atoms with van der Waals surface area (Å²) in [7, 11) is 0. The summed E-state index contributed by atoms with van der Waals surface area (Å²) < 4.78 is 0. The van der Waals surface area contributed by atoms with E-state index in [1.54, 1.807) is 11.4 Å². The van der Waals surface area contributed by atoms with Crippen LogP contribution in [0.2, 0.25) is 5.02 Å². The maximum atomic E-state index is 11.8. The van der Waals surface area contributed by atoms with Crippen molar-refractivity contribution in [2.45, 2.75) is 31.7 Å². The van der Waals surface area contributed by atoms with E-state index in [1.165, 1.54) is 11.3 Å². The van der Waals surface area contributed by atoms with Crippen molar-refractivity contribution in [3.63, 3.8) is 0 Å². The third-order valence-corrected chi connectivity index (χ3v) is 4.14. The topological polar surface area (TPSA) is 29.1 Å². The summed E-state index contributed by atoms with van der Waals surface area (Å²) in [6, 6.07) is 1.71. The summed E-state index contributed by atoms with van der Waals surface area (Å²) in [6.07, 6.45) is 0. The Kier molecular flexibility index (Phi) is 4.04. The highest BCUT2D eigenvalue weighted by molar-refractivity contribution is 7.12. The van der Waals surface area contributed by atoms with Crippen molar-refractivity contribution in [1.29, 1.82) is 0 Å². The van der Waals surface area contributed by atoms with Gasteiger partial charge in [0, 0.05) is 0 Å². The van der Waals surface area contributed by atoms with Gasteiger partial charge in [0.25, 0.3) is 5.91 Å². The number of nitrogens with one attached hydrogen (secondary N) is 1. The van der Waals surface area contributed by atoms with E-state index in [1.807, 2.05) is 20.8 Å². The van der Waals surface area contributed by atoms with Crippen LogP contribution in [0.4, 0.5) is 0 Å². The van der Waals surface area contributed by atoms with Crippen molar-refractivity contribution >= 4 is 40.4 Å². The molecular formula is C10H13Cl2NOS. The second-order valence-corrected chi connectivity index (χ2v) is 5.87. The van der Waals surface area contributed by atoms with Crippen LogP contribution in [-0.2, 0) is 0 Å². The zero-order chi connectivity index (χ0) is 11.6. The minimum absolute atomic E-state index is 0.153. The van der Waals surface area contributed by atoms with Crippen LogP contribution in [0.1, 0.15) is 30.4 Å². The van der Waals surface area contributed by atoms with E-state index in [0.29, 0.717) is 9.90 Å². The van der Waals surface area contributed by atoms with Crippen LogP contribution >= 0.6 is 34.5 Å². The lowest BCUT2D eigenvalue weighted by Gasteiger charge is -2.28. The standard InChI is InChI=1S/C10H13Cl2NOS/c1-6(11)10(2,3)13-9(14)8-7(12)4-5-15-8/h4-6H,1-3H3,(H,13,14). The summed E-state index contributed by atoms with van der Waals surface area (Å²) in [5.74, 6) is -0.174. The van der Waals surface area contributed by atoms with E-state index >= 15 is 0 Å². The summed E-state index contributed by atoms with van der Waals surface area (Å²) in [5, 5.41) is 4.97. The Morgan fingerprint density at radius 2 is 2.20 bits per heavy atom. The SMILES string of the molecule is CC(Cl)C(C)(C)NC(=O)c1sccc1Cl. The van der Waals surface area contributed by atoms with Crippen molar-refractivity contribution in [2.75, 3.05) is 0 Å². The van der Waals surface area contributed by atoms with Gasteiger partial charge in [-0.25, -0.2) is 0 Å². The normalized spacial score (nSPS) is 13.7. The molecule has 0 aliphatic carbocycles. The third-order valence-electron chi connectivity index (χ3n) is 2.25. The maximum Gasteiger partial charge on any atom is 0.263 e. The Morgan fingerprint density at radius 3 is 2.60 bits per heavy atom. The molecule has 84 valence electrons. The van der Waals surface area contributed by atoms with Crippen LogP contribution in [0.25, 0.3) is 0 Å². The Bertz CT molecular complexity index is 360. The highest BCUT2D eigenvalue weighted by Gasteiger charge is 2.27. The van der Waals surface area contributed by atoms with E-state index in [0.717, 1.165) is 0 Å². The van der Waals surface area contributed by atoms with Crippen LogP contribution in [-0.4, -0.2) is 16.8 Å². The average molecular weight is 266 g/mol. The molecule has 1 atom stereocenters. The van der Waals surface area contributed by atoms with Crippen LogP contribution in [0, 0.1) is 0 Å². The lowest BCUT2D eigenvalue weighted by Crippen LogP contribution is -2.48. The number of amides is 1. The smallest absolute Gasteiger partial charge is 0.263 e. The van der Waals surface area contributed by atoms with Crippen LogP contribution in [0.3, 0.4) is 0 Å². The summed E-state index contributed by atoms with van der Waals surface area (Å²) in [5.41, 5.74) is -0.452. The number of carbonyl (C=O) groups excluding carboxylic acids is 1. The molecule has 15 heavy (non-hydrogen) atoms. The van der Waals surface area contributed by atoms with Crippen molar-refractivity contribution in [2.24, 2.45) is 0 Å². The van der Waals surface area contributed by atoms with E-state index in [9.17, 15) is 4.79 Å². The number of carbonyl (C=O) groups is 1. The molecule has 0 aliphatic rings. The minimum Gasteiger partial charge on any atom is -0.345 e. The van der Waals surface area contributed by atoms with E-state index < -0.39 is 5.54 Å². The molecule has 1 amide bonds. The Hall–Kier alpha value is -0.250. The number of hydrogen-bond acceptors (Lipinski definition) is 2. The first-order valence-electron chi connectivity index (χ1n) is 4.54. The first kappa shape index (κ1) is 12.8. The molecule has 0 bridgehead atoms. The monoisotopic (exact) mass is 265 g/mol. The second kappa shape index (κ2) is 4.73. The molecule has 5 heteroatoms. The minimum atomic E-state index is -0.452. The molecule has 1 aromatic rings. The Morgan fingerprint density at radius 1 is 1.60 bits per heavy atom. The lowest BCUT2D eigenvalue weighted by atomic mass is 10.0. The first-order valence-corrected chi connectivity index (χ1v) is 6.23. The predicted octanol–water partition coefficient (Wildman–Crippen LogP) is 3.54.